The third kappa shape index (κ3) is 4.58. The molecule has 1 heterocycles. The molecule has 1 amide bonds. The average molecular weight is 341 g/mol. The third-order valence-corrected chi connectivity index (χ3v) is 4.12. The van der Waals surface area contributed by atoms with Crippen LogP contribution in [0.3, 0.4) is 0 Å². The predicted octanol–water partition coefficient (Wildman–Crippen LogP) is 2.62. The van der Waals surface area contributed by atoms with E-state index in [2.05, 4.69) is 26.1 Å². The first-order valence-electron chi connectivity index (χ1n) is 7.02. The van der Waals surface area contributed by atoms with Crippen LogP contribution in [0.1, 0.15) is 26.2 Å². The molecule has 1 fully saturated rings. The number of anilines is 1. The van der Waals surface area contributed by atoms with Crippen molar-refractivity contribution in [1.82, 2.24) is 4.90 Å². The van der Waals surface area contributed by atoms with E-state index in [-0.39, 0.29) is 12.0 Å². The van der Waals surface area contributed by atoms with E-state index in [0.29, 0.717) is 12.6 Å². The third-order valence-electron chi connectivity index (χ3n) is 3.59. The van der Waals surface area contributed by atoms with Crippen molar-refractivity contribution in [2.45, 2.75) is 38.3 Å². The Morgan fingerprint density at radius 1 is 1.50 bits per heavy atom. The summed E-state index contributed by atoms with van der Waals surface area (Å²) in [5.41, 5.74) is 0.810. The minimum absolute atomic E-state index is 0.00446. The molecule has 0 aliphatic carbocycles. The van der Waals surface area contributed by atoms with E-state index in [1.807, 2.05) is 24.3 Å². The Hall–Kier alpha value is -0.910. The van der Waals surface area contributed by atoms with Crippen LogP contribution in [0.2, 0.25) is 0 Å². The van der Waals surface area contributed by atoms with Crippen molar-refractivity contribution in [3.63, 3.8) is 0 Å². The van der Waals surface area contributed by atoms with Gasteiger partial charge in [-0.2, -0.15) is 0 Å². The van der Waals surface area contributed by atoms with Gasteiger partial charge in [-0.05, 0) is 57.0 Å². The van der Waals surface area contributed by atoms with Crippen LogP contribution in [0.25, 0.3) is 0 Å². The zero-order valence-electron chi connectivity index (χ0n) is 11.7. The van der Waals surface area contributed by atoms with Gasteiger partial charge in [0.25, 0.3) is 0 Å². The lowest BCUT2D eigenvalue weighted by atomic mass is 10.1. The van der Waals surface area contributed by atoms with Gasteiger partial charge in [0.2, 0.25) is 5.91 Å². The Kier molecular flexibility index (Phi) is 5.57. The van der Waals surface area contributed by atoms with Crippen LogP contribution in [-0.4, -0.2) is 41.1 Å². The van der Waals surface area contributed by atoms with E-state index in [4.69, 9.17) is 0 Å². The summed E-state index contributed by atoms with van der Waals surface area (Å²) in [4.78, 5) is 14.2. The van der Waals surface area contributed by atoms with Crippen molar-refractivity contribution in [2.24, 2.45) is 0 Å². The van der Waals surface area contributed by atoms with Gasteiger partial charge in [0, 0.05) is 16.2 Å². The van der Waals surface area contributed by atoms with E-state index in [1.165, 1.54) is 0 Å². The second-order valence-corrected chi connectivity index (χ2v) is 6.32. The van der Waals surface area contributed by atoms with E-state index in [9.17, 15) is 9.90 Å². The maximum absolute atomic E-state index is 12.1. The van der Waals surface area contributed by atoms with Gasteiger partial charge in [0.05, 0.1) is 12.6 Å². The molecule has 0 radical (unpaired) electrons. The van der Waals surface area contributed by atoms with Gasteiger partial charge in [-0.1, -0.05) is 15.9 Å². The first kappa shape index (κ1) is 15.5. The van der Waals surface area contributed by atoms with Crippen LogP contribution in [0, 0.1) is 0 Å². The number of benzene rings is 1. The number of rotatable bonds is 5. The van der Waals surface area contributed by atoms with Crippen molar-refractivity contribution in [1.29, 1.82) is 0 Å². The van der Waals surface area contributed by atoms with Gasteiger partial charge < -0.3 is 10.4 Å². The molecule has 5 heteroatoms. The number of nitrogens with zero attached hydrogens (tertiary/aromatic N) is 1. The molecule has 0 bridgehead atoms. The summed E-state index contributed by atoms with van der Waals surface area (Å²) >= 11 is 3.37. The number of nitrogens with one attached hydrogen (secondary N) is 1. The standard InChI is InChI=1S/C15H21BrN2O2/c1-11(19)9-14-3-2-8-18(14)10-15(20)17-13-6-4-12(16)5-7-13/h4-7,11,14,19H,2-3,8-10H2,1H3,(H,17,20). The number of hydrogen-bond acceptors (Lipinski definition) is 3. The summed E-state index contributed by atoms with van der Waals surface area (Å²) in [5, 5.41) is 12.4. The Balaban J connectivity index is 1.86. The van der Waals surface area contributed by atoms with E-state index in [0.717, 1.165) is 36.0 Å². The highest BCUT2D eigenvalue weighted by molar-refractivity contribution is 9.10. The molecule has 0 saturated carbocycles. The largest absolute Gasteiger partial charge is 0.393 e. The molecule has 0 aromatic heterocycles. The smallest absolute Gasteiger partial charge is 0.238 e. The quantitative estimate of drug-likeness (QED) is 0.866. The molecule has 1 aliphatic heterocycles. The van der Waals surface area contributed by atoms with Crippen molar-refractivity contribution < 1.29 is 9.90 Å². The van der Waals surface area contributed by atoms with Crippen LogP contribution < -0.4 is 5.32 Å². The molecule has 1 aromatic carbocycles. The van der Waals surface area contributed by atoms with E-state index < -0.39 is 0 Å². The Morgan fingerprint density at radius 3 is 2.85 bits per heavy atom. The average Bonchev–Trinajstić information content (AvgIpc) is 2.78. The molecule has 2 N–H and O–H groups in total. The van der Waals surface area contributed by atoms with Gasteiger partial charge in [0.1, 0.15) is 0 Å². The minimum atomic E-state index is -0.310. The fourth-order valence-corrected chi connectivity index (χ4v) is 2.95. The number of halogens is 1. The molecule has 1 aromatic rings. The maximum Gasteiger partial charge on any atom is 0.238 e. The van der Waals surface area contributed by atoms with Crippen molar-refractivity contribution in [3.05, 3.63) is 28.7 Å². The number of hydrogen-bond donors (Lipinski definition) is 2. The number of carbonyl (C=O) groups is 1. The molecular formula is C15H21BrN2O2. The van der Waals surface area contributed by atoms with Crippen molar-refractivity contribution in [3.8, 4) is 0 Å². The molecule has 110 valence electrons. The SMILES string of the molecule is CC(O)CC1CCCN1CC(=O)Nc1ccc(Br)cc1. The minimum Gasteiger partial charge on any atom is -0.393 e. The van der Waals surface area contributed by atoms with E-state index in [1.54, 1.807) is 6.92 Å². The lowest BCUT2D eigenvalue weighted by Crippen LogP contribution is -2.38. The van der Waals surface area contributed by atoms with Crippen molar-refractivity contribution >= 4 is 27.5 Å². The zero-order chi connectivity index (χ0) is 14.5. The molecule has 4 nitrogen and oxygen atoms in total. The van der Waals surface area contributed by atoms with Crippen LogP contribution >= 0.6 is 15.9 Å². The molecule has 0 spiro atoms. The lowest BCUT2D eigenvalue weighted by molar-refractivity contribution is -0.117. The number of likely N-dealkylation sites (tertiary alicyclic amines) is 1. The summed E-state index contributed by atoms with van der Waals surface area (Å²) in [7, 11) is 0. The molecule has 20 heavy (non-hydrogen) atoms. The highest BCUT2D eigenvalue weighted by atomic mass is 79.9. The maximum atomic E-state index is 12.1. The summed E-state index contributed by atoms with van der Waals surface area (Å²) in [6.45, 7) is 3.14. The monoisotopic (exact) mass is 340 g/mol. The fourth-order valence-electron chi connectivity index (χ4n) is 2.68. The van der Waals surface area contributed by atoms with Gasteiger partial charge >= 0.3 is 0 Å². The van der Waals surface area contributed by atoms with Crippen molar-refractivity contribution in [2.75, 3.05) is 18.4 Å². The molecule has 1 aliphatic rings. The summed E-state index contributed by atoms with van der Waals surface area (Å²) in [6, 6.07) is 7.88. The normalized spacial score (nSPS) is 20.9. The first-order valence-corrected chi connectivity index (χ1v) is 7.81. The number of carbonyl (C=O) groups excluding carboxylic acids is 1. The Bertz CT molecular complexity index is 448. The van der Waals surface area contributed by atoms with E-state index >= 15 is 0 Å². The lowest BCUT2D eigenvalue weighted by Gasteiger charge is -2.24. The summed E-state index contributed by atoms with van der Waals surface area (Å²) in [5.74, 6) is 0.00446. The van der Waals surface area contributed by atoms with Crippen LogP contribution in [0.5, 0.6) is 0 Å². The van der Waals surface area contributed by atoms with Gasteiger partial charge in [0.15, 0.2) is 0 Å². The second-order valence-electron chi connectivity index (χ2n) is 5.41. The van der Waals surface area contributed by atoms with Crippen LogP contribution in [-0.2, 0) is 4.79 Å². The predicted molar refractivity (Wildman–Crippen MR) is 83.7 cm³/mol. The van der Waals surface area contributed by atoms with Crippen LogP contribution in [0.4, 0.5) is 5.69 Å². The number of amides is 1. The summed E-state index contributed by atoms with van der Waals surface area (Å²) < 4.78 is 0.993. The van der Waals surface area contributed by atoms with Gasteiger partial charge in [-0.15, -0.1) is 0 Å². The van der Waals surface area contributed by atoms with Gasteiger partial charge in [-0.3, -0.25) is 9.69 Å². The number of aliphatic hydroxyl groups is 1. The Labute approximate surface area is 128 Å². The molecule has 1 saturated heterocycles. The van der Waals surface area contributed by atoms with Gasteiger partial charge in [-0.25, -0.2) is 0 Å². The fraction of sp³-hybridized carbons (Fsp3) is 0.533. The summed E-state index contributed by atoms with van der Waals surface area (Å²) in [6.07, 6.45) is 2.60. The molecular weight excluding hydrogens is 320 g/mol. The zero-order valence-corrected chi connectivity index (χ0v) is 13.3. The number of aliphatic hydroxyl groups excluding tert-OH is 1. The second kappa shape index (κ2) is 7.20. The first-order chi connectivity index (χ1) is 9.54. The highest BCUT2D eigenvalue weighted by Gasteiger charge is 2.27. The highest BCUT2D eigenvalue weighted by Crippen LogP contribution is 2.21. The topological polar surface area (TPSA) is 52.6 Å². The Morgan fingerprint density at radius 2 is 2.20 bits per heavy atom. The van der Waals surface area contributed by atoms with Crippen LogP contribution in [0.15, 0.2) is 28.7 Å². The molecule has 2 rings (SSSR count). The molecule has 2 unspecified atom stereocenters. The molecule has 2 atom stereocenters.